The SMILES string of the molecule is C=C1C(=O)O[C@H]2/C=C(/C)CC/C=C(/C(=O)O)CC/C=C(/C)CC[C@H]12. The number of ether oxygens (including phenoxy) is 1. The van der Waals surface area contributed by atoms with Gasteiger partial charge in [0.1, 0.15) is 6.10 Å². The molecule has 0 unspecified atom stereocenters. The van der Waals surface area contributed by atoms with Crippen molar-refractivity contribution in [1.29, 1.82) is 0 Å². The van der Waals surface area contributed by atoms with Gasteiger partial charge in [0.2, 0.25) is 0 Å². The average Bonchev–Trinajstić information content (AvgIpc) is 2.77. The van der Waals surface area contributed by atoms with E-state index in [-0.39, 0.29) is 18.0 Å². The Kier molecular flexibility index (Phi) is 6.18. The van der Waals surface area contributed by atoms with Gasteiger partial charge in [-0.2, -0.15) is 0 Å². The van der Waals surface area contributed by atoms with Gasteiger partial charge in [-0.15, -0.1) is 0 Å². The van der Waals surface area contributed by atoms with Crippen molar-refractivity contribution in [2.24, 2.45) is 5.92 Å². The topological polar surface area (TPSA) is 63.6 Å². The molecule has 0 aromatic heterocycles. The molecule has 0 bridgehead atoms. The van der Waals surface area contributed by atoms with E-state index < -0.39 is 5.97 Å². The molecule has 2 atom stereocenters. The fourth-order valence-corrected chi connectivity index (χ4v) is 3.21. The molecule has 1 fully saturated rings. The highest BCUT2D eigenvalue weighted by atomic mass is 16.5. The molecule has 1 aliphatic carbocycles. The number of aliphatic carboxylic acids is 1. The fourth-order valence-electron chi connectivity index (χ4n) is 3.21. The third-order valence-electron chi connectivity index (χ3n) is 4.76. The number of hydrogen-bond acceptors (Lipinski definition) is 3. The lowest BCUT2D eigenvalue weighted by molar-refractivity contribution is -0.137. The highest BCUT2D eigenvalue weighted by Crippen LogP contribution is 2.33. The zero-order valence-electron chi connectivity index (χ0n) is 14.5. The summed E-state index contributed by atoms with van der Waals surface area (Å²) in [7, 11) is 0. The molecule has 1 saturated heterocycles. The largest absolute Gasteiger partial charge is 0.478 e. The zero-order chi connectivity index (χ0) is 17.7. The molecule has 1 N–H and O–H groups in total. The van der Waals surface area contributed by atoms with Crippen LogP contribution in [0.5, 0.6) is 0 Å². The summed E-state index contributed by atoms with van der Waals surface area (Å²) in [6.07, 6.45) is 10.1. The van der Waals surface area contributed by atoms with Gasteiger partial charge in [-0.3, -0.25) is 0 Å². The van der Waals surface area contributed by atoms with Crippen LogP contribution in [0.2, 0.25) is 0 Å². The van der Waals surface area contributed by atoms with Gasteiger partial charge in [0, 0.05) is 17.1 Å². The summed E-state index contributed by atoms with van der Waals surface area (Å²) in [6.45, 7) is 7.95. The molecular weight excluding hydrogens is 304 g/mol. The van der Waals surface area contributed by atoms with Crippen LogP contribution in [0.1, 0.15) is 52.4 Å². The highest BCUT2D eigenvalue weighted by Gasteiger charge is 2.36. The Bertz CT molecular complexity index is 622. The molecule has 130 valence electrons. The quantitative estimate of drug-likeness (QED) is 0.441. The average molecular weight is 330 g/mol. The summed E-state index contributed by atoms with van der Waals surface area (Å²) in [6, 6.07) is 0. The van der Waals surface area contributed by atoms with Crippen molar-refractivity contribution >= 4 is 11.9 Å². The lowest BCUT2D eigenvalue weighted by atomic mass is 9.89. The number of allylic oxidation sites excluding steroid dienone is 4. The Labute approximate surface area is 143 Å². The van der Waals surface area contributed by atoms with E-state index in [1.54, 1.807) is 0 Å². The van der Waals surface area contributed by atoms with E-state index in [9.17, 15) is 14.7 Å². The normalized spacial score (nSPS) is 33.0. The highest BCUT2D eigenvalue weighted by molar-refractivity contribution is 5.91. The van der Waals surface area contributed by atoms with Gasteiger partial charge in [0.05, 0.1) is 0 Å². The smallest absolute Gasteiger partial charge is 0.334 e. The van der Waals surface area contributed by atoms with Crippen LogP contribution in [-0.4, -0.2) is 23.1 Å². The van der Waals surface area contributed by atoms with Gasteiger partial charge < -0.3 is 9.84 Å². The number of hydrogen-bond donors (Lipinski definition) is 1. The van der Waals surface area contributed by atoms with Gasteiger partial charge in [-0.05, 0) is 58.4 Å². The van der Waals surface area contributed by atoms with Crippen molar-refractivity contribution < 1.29 is 19.4 Å². The van der Waals surface area contributed by atoms with E-state index in [2.05, 4.69) is 12.7 Å². The van der Waals surface area contributed by atoms with E-state index in [0.29, 0.717) is 24.0 Å². The van der Waals surface area contributed by atoms with Crippen LogP contribution in [0, 0.1) is 5.92 Å². The number of carbonyl (C=O) groups excluding carboxylic acids is 1. The second-order valence-corrected chi connectivity index (χ2v) is 6.72. The van der Waals surface area contributed by atoms with Crippen molar-refractivity contribution in [3.05, 3.63) is 47.1 Å². The minimum absolute atomic E-state index is 0.0314. The summed E-state index contributed by atoms with van der Waals surface area (Å²) in [4.78, 5) is 23.2. The molecule has 1 heterocycles. The van der Waals surface area contributed by atoms with E-state index in [4.69, 9.17) is 4.74 Å². The molecule has 0 saturated carbocycles. The Morgan fingerprint density at radius 1 is 1.17 bits per heavy atom. The standard InChI is InChI=1S/C20H26O4/c1-13-6-4-8-16(19(21)22)9-5-7-14(2)12-18-17(11-10-13)15(3)20(23)24-18/h6,9,12,17-18H,3-5,7-8,10-11H2,1-2H3,(H,21,22)/b13-6-,14-12-,16-9+/t17-,18+/m1/s1. The lowest BCUT2D eigenvalue weighted by Gasteiger charge is -2.16. The van der Waals surface area contributed by atoms with Crippen molar-refractivity contribution in [2.75, 3.05) is 0 Å². The first-order valence-electron chi connectivity index (χ1n) is 8.53. The minimum Gasteiger partial charge on any atom is -0.478 e. The molecule has 2 rings (SSSR count). The number of carboxylic acid groups (broad SMARTS) is 1. The van der Waals surface area contributed by atoms with Crippen molar-refractivity contribution in [3.63, 3.8) is 0 Å². The molecular formula is C20H26O4. The third-order valence-corrected chi connectivity index (χ3v) is 4.76. The lowest BCUT2D eigenvalue weighted by Crippen LogP contribution is -2.15. The Balaban J connectivity index is 2.23. The van der Waals surface area contributed by atoms with Crippen molar-refractivity contribution in [3.8, 4) is 0 Å². The summed E-state index contributed by atoms with van der Waals surface area (Å²) >= 11 is 0. The van der Waals surface area contributed by atoms with Crippen molar-refractivity contribution in [1.82, 2.24) is 0 Å². The monoisotopic (exact) mass is 330 g/mol. The molecule has 0 aromatic carbocycles. The maximum atomic E-state index is 11.8. The molecule has 0 radical (unpaired) electrons. The van der Waals surface area contributed by atoms with Crippen LogP contribution in [0.3, 0.4) is 0 Å². The Morgan fingerprint density at radius 2 is 1.88 bits per heavy atom. The number of rotatable bonds is 1. The van der Waals surface area contributed by atoms with Gasteiger partial charge >= 0.3 is 11.9 Å². The van der Waals surface area contributed by atoms with E-state index in [1.165, 1.54) is 5.57 Å². The van der Waals surface area contributed by atoms with E-state index in [0.717, 1.165) is 31.3 Å². The van der Waals surface area contributed by atoms with Gasteiger partial charge in [-0.1, -0.05) is 29.9 Å². The molecule has 2 aliphatic rings. The maximum Gasteiger partial charge on any atom is 0.334 e. The second kappa shape index (κ2) is 8.13. The summed E-state index contributed by atoms with van der Waals surface area (Å²) < 4.78 is 5.46. The first-order valence-corrected chi connectivity index (χ1v) is 8.53. The number of fused-ring (bicyclic) bond motifs is 1. The zero-order valence-corrected chi connectivity index (χ0v) is 14.5. The van der Waals surface area contributed by atoms with Crippen LogP contribution in [-0.2, 0) is 14.3 Å². The van der Waals surface area contributed by atoms with Gasteiger partial charge in [0.25, 0.3) is 0 Å². The van der Waals surface area contributed by atoms with Crippen LogP contribution >= 0.6 is 0 Å². The summed E-state index contributed by atoms with van der Waals surface area (Å²) in [5, 5.41) is 9.29. The van der Waals surface area contributed by atoms with Gasteiger partial charge in [0.15, 0.2) is 0 Å². The maximum absolute atomic E-state index is 11.8. The molecule has 4 heteroatoms. The molecule has 0 amide bonds. The number of carboxylic acids is 1. The molecule has 0 aromatic rings. The van der Waals surface area contributed by atoms with Crippen LogP contribution in [0.15, 0.2) is 47.1 Å². The summed E-state index contributed by atoms with van der Waals surface area (Å²) in [5.74, 6) is -1.10. The van der Waals surface area contributed by atoms with Gasteiger partial charge in [-0.25, -0.2) is 9.59 Å². The second-order valence-electron chi connectivity index (χ2n) is 6.72. The third kappa shape index (κ3) is 4.70. The van der Waals surface area contributed by atoms with Crippen LogP contribution in [0.25, 0.3) is 0 Å². The predicted octanol–water partition coefficient (Wildman–Crippen LogP) is 4.34. The first-order chi connectivity index (χ1) is 11.4. The molecule has 24 heavy (non-hydrogen) atoms. The predicted molar refractivity (Wildman–Crippen MR) is 93.4 cm³/mol. The van der Waals surface area contributed by atoms with Crippen LogP contribution in [0.4, 0.5) is 0 Å². The molecule has 4 nitrogen and oxygen atoms in total. The minimum atomic E-state index is -0.837. The Morgan fingerprint density at radius 3 is 2.58 bits per heavy atom. The molecule has 1 aliphatic heterocycles. The first kappa shape index (κ1) is 18.2. The number of esters is 1. The van der Waals surface area contributed by atoms with Crippen molar-refractivity contribution in [2.45, 2.75) is 58.5 Å². The summed E-state index contributed by atoms with van der Waals surface area (Å²) in [5.41, 5.74) is 3.36. The Hall–Kier alpha value is -2.10. The van der Waals surface area contributed by atoms with Crippen LogP contribution < -0.4 is 0 Å². The van der Waals surface area contributed by atoms with E-state index in [1.807, 2.05) is 26.0 Å². The fraction of sp³-hybridized carbons (Fsp3) is 0.500. The number of carbonyl (C=O) groups is 2. The van der Waals surface area contributed by atoms with E-state index >= 15 is 0 Å². The molecule has 0 spiro atoms.